The first kappa shape index (κ1) is 13.3. The largest absolute Gasteiger partial charge is 1.00 e. The van der Waals surface area contributed by atoms with Crippen LogP contribution in [0.5, 0.6) is 0 Å². The standard InChI is InChI=1S/C9H18NO4.BrH/c1-10(2,3)6-8-7(14-9(6)12)5(11)4-13-8;/h5-9,11-12H,4H2,1-3H3;1H/q+1;/p-1/t5?,6-,7-,8-,9?;/m1./s1. The van der Waals surface area contributed by atoms with Crippen LogP contribution in [-0.4, -0.2) is 73.1 Å². The van der Waals surface area contributed by atoms with Gasteiger partial charge in [-0.2, -0.15) is 0 Å². The highest BCUT2D eigenvalue weighted by Gasteiger charge is 2.57. The fourth-order valence-corrected chi connectivity index (χ4v) is 2.31. The first-order valence-electron chi connectivity index (χ1n) is 4.85. The molecule has 5 nitrogen and oxygen atoms in total. The van der Waals surface area contributed by atoms with Crippen molar-refractivity contribution in [1.29, 1.82) is 0 Å². The monoisotopic (exact) mass is 283 g/mol. The lowest BCUT2D eigenvalue weighted by atomic mass is 10.1. The second kappa shape index (κ2) is 4.27. The molecule has 2 aliphatic heterocycles. The van der Waals surface area contributed by atoms with Crippen LogP contribution in [0.3, 0.4) is 0 Å². The van der Waals surface area contributed by atoms with Gasteiger partial charge in [0.05, 0.1) is 27.7 Å². The first-order chi connectivity index (χ1) is 6.41. The average molecular weight is 284 g/mol. The minimum Gasteiger partial charge on any atom is -1.00 e. The van der Waals surface area contributed by atoms with E-state index in [-0.39, 0.29) is 35.2 Å². The molecule has 0 spiro atoms. The molecule has 2 fully saturated rings. The number of ether oxygens (including phenoxy) is 2. The van der Waals surface area contributed by atoms with Gasteiger partial charge < -0.3 is 41.2 Å². The lowest BCUT2D eigenvalue weighted by Crippen LogP contribution is -3.00. The van der Waals surface area contributed by atoms with Gasteiger partial charge >= 0.3 is 0 Å². The summed E-state index contributed by atoms with van der Waals surface area (Å²) >= 11 is 0. The van der Waals surface area contributed by atoms with E-state index in [0.717, 1.165) is 0 Å². The third-order valence-corrected chi connectivity index (χ3v) is 2.98. The van der Waals surface area contributed by atoms with Gasteiger partial charge in [0.15, 0.2) is 6.04 Å². The summed E-state index contributed by atoms with van der Waals surface area (Å²) < 4.78 is 11.3. The highest BCUT2D eigenvalue weighted by molar-refractivity contribution is 4.96. The Kier molecular flexibility index (Phi) is 3.80. The molecule has 2 aliphatic rings. The second-order valence-electron chi connectivity index (χ2n) is 4.96. The minimum atomic E-state index is -0.847. The number of likely N-dealkylation sites (N-methyl/N-ethyl adjacent to an activating group) is 1. The normalized spacial score (nSPS) is 45.0. The number of fused-ring (bicyclic) bond motifs is 1. The van der Waals surface area contributed by atoms with Gasteiger partial charge in [0.2, 0.25) is 6.29 Å². The summed E-state index contributed by atoms with van der Waals surface area (Å²) in [6.07, 6.45) is -2.02. The predicted octanol–water partition coefficient (Wildman–Crippen LogP) is -4.46. The number of rotatable bonds is 1. The van der Waals surface area contributed by atoms with Crippen molar-refractivity contribution in [2.75, 3.05) is 27.7 Å². The molecule has 2 heterocycles. The molecule has 0 radical (unpaired) electrons. The van der Waals surface area contributed by atoms with Gasteiger partial charge in [-0.25, -0.2) is 0 Å². The third kappa shape index (κ3) is 2.20. The third-order valence-electron chi connectivity index (χ3n) is 2.98. The highest BCUT2D eigenvalue weighted by atomic mass is 79.9. The molecule has 90 valence electrons. The quantitative estimate of drug-likeness (QED) is 0.477. The number of aliphatic hydroxyl groups excluding tert-OH is 2. The lowest BCUT2D eigenvalue weighted by Gasteiger charge is -2.34. The van der Waals surface area contributed by atoms with E-state index in [1.807, 2.05) is 21.1 Å². The summed E-state index contributed by atoms with van der Waals surface area (Å²) in [5.41, 5.74) is 0. The molecule has 2 N–H and O–H groups in total. The number of aliphatic hydroxyl groups is 2. The molecular weight excluding hydrogens is 266 g/mol. The Morgan fingerprint density at radius 3 is 2.27 bits per heavy atom. The van der Waals surface area contributed by atoms with Crippen molar-refractivity contribution in [3.05, 3.63) is 0 Å². The Bertz CT molecular complexity index is 233. The summed E-state index contributed by atoms with van der Waals surface area (Å²) in [5, 5.41) is 19.3. The maximum Gasteiger partial charge on any atom is 0.211 e. The fraction of sp³-hybridized carbons (Fsp3) is 1.00. The Hall–Kier alpha value is 0.280. The van der Waals surface area contributed by atoms with Gasteiger partial charge in [0.25, 0.3) is 0 Å². The molecule has 6 heteroatoms. The zero-order valence-corrected chi connectivity index (χ0v) is 10.7. The van der Waals surface area contributed by atoms with Crippen LogP contribution >= 0.6 is 0 Å². The van der Waals surface area contributed by atoms with Crippen molar-refractivity contribution >= 4 is 0 Å². The number of halogens is 1. The van der Waals surface area contributed by atoms with Crippen LogP contribution in [0.15, 0.2) is 0 Å². The van der Waals surface area contributed by atoms with E-state index >= 15 is 0 Å². The molecule has 0 aliphatic carbocycles. The SMILES string of the molecule is C[N+](C)(C)[C@H]1C(O)O[C@@H]2C(O)CO[C@@H]21.[Br-]. The molecule has 2 rings (SSSR count). The number of hydrogen-bond donors (Lipinski definition) is 2. The lowest BCUT2D eigenvalue weighted by molar-refractivity contribution is -0.903. The summed E-state index contributed by atoms with van der Waals surface area (Å²) in [6.45, 7) is 0.304. The second-order valence-corrected chi connectivity index (χ2v) is 4.96. The maximum absolute atomic E-state index is 9.72. The van der Waals surface area contributed by atoms with Gasteiger partial charge in [-0.15, -0.1) is 0 Å². The number of nitrogens with zero attached hydrogens (tertiary/aromatic N) is 1. The number of hydrogen-bond acceptors (Lipinski definition) is 4. The van der Waals surface area contributed by atoms with Crippen molar-refractivity contribution in [3.8, 4) is 0 Å². The van der Waals surface area contributed by atoms with Crippen LogP contribution in [-0.2, 0) is 9.47 Å². The smallest absolute Gasteiger partial charge is 0.211 e. The molecule has 0 aromatic carbocycles. The average Bonchev–Trinajstić information content (AvgIpc) is 2.49. The van der Waals surface area contributed by atoms with E-state index in [1.54, 1.807) is 0 Å². The Morgan fingerprint density at radius 1 is 1.13 bits per heavy atom. The van der Waals surface area contributed by atoms with Crippen LogP contribution in [0.25, 0.3) is 0 Å². The van der Waals surface area contributed by atoms with Gasteiger partial charge in [0, 0.05) is 0 Å². The fourth-order valence-electron chi connectivity index (χ4n) is 2.31. The molecule has 2 saturated heterocycles. The maximum atomic E-state index is 9.72. The Labute approximate surface area is 99.9 Å². The zero-order valence-electron chi connectivity index (χ0n) is 9.13. The van der Waals surface area contributed by atoms with Gasteiger partial charge in [-0.3, -0.25) is 0 Å². The van der Waals surface area contributed by atoms with Crippen molar-refractivity contribution in [3.63, 3.8) is 0 Å². The zero-order chi connectivity index (χ0) is 10.5. The molecule has 0 bridgehead atoms. The van der Waals surface area contributed by atoms with E-state index in [2.05, 4.69) is 0 Å². The van der Waals surface area contributed by atoms with E-state index in [0.29, 0.717) is 11.1 Å². The predicted molar refractivity (Wildman–Crippen MR) is 48.4 cm³/mol. The molecule has 0 aromatic rings. The van der Waals surface area contributed by atoms with E-state index in [9.17, 15) is 10.2 Å². The van der Waals surface area contributed by atoms with Crippen molar-refractivity contribution in [2.45, 2.75) is 30.6 Å². The molecule has 0 aromatic heterocycles. The summed E-state index contributed by atoms with van der Waals surface area (Å²) in [4.78, 5) is 0. The van der Waals surface area contributed by atoms with E-state index in [1.165, 1.54) is 0 Å². The van der Waals surface area contributed by atoms with Gasteiger partial charge in [-0.1, -0.05) is 0 Å². The van der Waals surface area contributed by atoms with Crippen molar-refractivity contribution in [1.82, 2.24) is 0 Å². The van der Waals surface area contributed by atoms with Crippen LogP contribution in [0, 0.1) is 0 Å². The molecule has 15 heavy (non-hydrogen) atoms. The van der Waals surface area contributed by atoms with Gasteiger partial charge in [0.1, 0.15) is 18.3 Å². The van der Waals surface area contributed by atoms with Crippen LogP contribution in [0.4, 0.5) is 0 Å². The number of quaternary nitrogens is 1. The topological polar surface area (TPSA) is 58.9 Å². The van der Waals surface area contributed by atoms with Gasteiger partial charge in [-0.05, 0) is 0 Å². The van der Waals surface area contributed by atoms with Crippen LogP contribution in [0.2, 0.25) is 0 Å². The molecule has 0 amide bonds. The summed E-state index contributed by atoms with van der Waals surface area (Å²) in [6, 6.07) is -0.128. The van der Waals surface area contributed by atoms with Crippen molar-refractivity contribution < 1.29 is 41.2 Å². The van der Waals surface area contributed by atoms with E-state index in [4.69, 9.17) is 9.47 Å². The molecule has 0 saturated carbocycles. The minimum absolute atomic E-state index is 0. The summed E-state index contributed by atoms with van der Waals surface area (Å²) in [7, 11) is 5.94. The Balaban J connectivity index is 0.00000112. The van der Waals surface area contributed by atoms with E-state index < -0.39 is 12.4 Å². The van der Waals surface area contributed by atoms with Crippen LogP contribution in [0.1, 0.15) is 0 Å². The van der Waals surface area contributed by atoms with Crippen molar-refractivity contribution in [2.24, 2.45) is 0 Å². The highest BCUT2D eigenvalue weighted by Crippen LogP contribution is 2.34. The molecule has 2 unspecified atom stereocenters. The molecule has 5 atom stereocenters. The van der Waals surface area contributed by atoms with Crippen LogP contribution < -0.4 is 17.0 Å². The first-order valence-corrected chi connectivity index (χ1v) is 4.85. The Morgan fingerprint density at radius 2 is 1.73 bits per heavy atom. The molecular formula is C9H18BrNO4. The summed E-state index contributed by atoms with van der Waals surface area (Å²) in [5.74, 6) is 0.